The van der Waals surface area contributed by atoms with Crippen LogP contribution in [0.5, 0.6) is 5.75 Å². The maximum Gasteiger partial charge on any atom is 0.187 e. The van der Waals surface area contributed by atoms with Gasteiger partial charge in [0.15, 0.2) is 5.13 Å². The number of hydrogen-bond acceptors (Lipinski definition) is 4. The molecule has 1 N–H and O–H groups in total. The lowest BCUT2D eigenvalue weighted by Gasteiger charge is -2.04. The molecule has 0 saturated heterocycles. The minimum atomic E-state index is -0.624. The highest BCUT2D eigenvalue weighted by Crippen LogP contribution is 2.29. The summed E-state index contributed by atoms with van der Waals surface area (Å²) in [6.07, 6.45) is 0. The summed E-state index contributed by atoms with van der Waals surface area (Å²) in [7, 11) is 1.60. The maximum atomic E-state index is 13.7. The number of ether oxygens (including phenoxy) is 1. The van der Waals surface area contributed by atoms with Crippen LogP contribution in [0.25, 0.3) is 11.3 Å². The van der Waals surface area contributed by atoms with Crippen molar-refractivity contribution in [3.8, 4) is 17.0 Å². The van der Waals surface area contributed by atoms with Crippen LogP contribution in [-0.4, -0.2) is 12.1 Å². The van der Waals surface area contributed by atoms with Crippen LogP contribution in [0.15, 0.2) is 47.8 Å². The van der Waals surface area contributed by atoms with Crippen molar-refractivity contribution < 1.29 is 13.5 Å². The molecule has 0 bridgehead atoms. The van der Waals surface area contributed by atoms with Gasteiger partial charge >= 0.3 is 0 Å². The number of benzene rings is 2. The fourth-order valence-corrected chi connectivity index (χ4v) is 2.68. The fourth-order valence-electron chi connectivity index (χ4n) is 1.95. The molecule has 0 radical (unpaired) electrons. The first-order valence-electron chi connectivity index (χ1n) is 6.48. The maximum absolute atomic E-state index is 13.7. The molecule has 6 heteroatoms. The van der Waals surface area contributed by atoms with Gasteiger partial charge in [-0.3, -0.25) is 0 Å². The lowest BCUT2D eigenvalue weighted by molar-refractivity contribution is 0.415. The van der Waals surface area contributed by atoms with Gasteiger partial charge in [0.1, 0.15) is 17.4 Å². The Bertz CT molecular complexity index is 787. The Morgan fingerprint density at radius 3 is 2.55 bits per heavy atom. The van der Waals surface area contributed by atoms with Crippen LogP contribution < -0.4 is 10.1 Å². The van der Waals surface area contributed by atoms with Gasteiger partial charge in [-0.05, 0) is 36.4 Å². The zero-order valence-electron chi connectivity index (χ0n) is 11.6. The van der Waals surface area contributed by atoms with Gasteiger partial charge in [-0.25, -0.2) is 13.8 Å². The highest BCUT2D eigenvalue weighted by atomic mass is 32.1. The standard InChI is InChI=1S/C16H12F2N2OS/c1-21-12-5-3-11(4-6-12)19-16-20-15(9-22-16)13-7-2-10(17)8-14(13)18/h2-9H,1H3,(H,19,20). The second-order valence-electron chi connectivity index (χ2n) is 4.52. The van der Waals surface area contributed by atoms with E-state index in [2.05, 4.69) is 10.3 Å². The van der Waals surface area contributed by atoms with Crippen LogP contribution in [-0.2, 0) is 0 Å². The second-order valence-corrected chi connectivity index (χ2v) is 5.37. The third-order valence-electron chi connectivity index (χ3n) is 3.05. The third-order valence-corrected chi connectivity index (χ3v) is 3.81. The summed E-state index contributed by atoms with van der Waals surface area (Å²) in [4.78, 5) is 4.32. The molecule has 22 heavy (non-hydrogen) atoms. The molecule has 112 valence electrons. The first kappa shape index (κ1) is 14.5. The summed E-state index contributed by atoms with van der Waals surface area (Å²) < 4.78 is 31.8. The van der Waals surface area contributed by atoms with Crippen LogP contribution in [0.3, 0.4) is 0 Å². The van der Waals surface area contributed by atoms with Crippen molar-refractivity contribution in [3.63, 3.8) is 0 Å². The van der Waals surface area contributed by atoms with Crippen molar-refractivity contribution in [3.05, 3.63) is 59.5 Å². The van der Waals surface area contributed by atoms with Gasteiger partial charge in [0.2, 0.25) is 0 Å². The molecular formula is C16H12F2N2OS. The Balaban J connectivity index is 1.81. The molecule has 3 aromatic rings. The summed E-state index contributed by atoms with van der Waals surface area (Å²) in [5, 5.41) is 5.48. The largest absolute Gasteiger partial charge is 0.497 e. The van der Waals surface area contributed by atoms with Gasteiger partial charge in [0, 0.05) is 22.7 Å². The van der Waals surface area contributed by atoms with Crippen LogP contribution in [0.1, 0.15) is 0 Å². The van der Waals surface area contributed by atoms with Crippen LogP contribution in [0.2, 0.25) is 0 Å². The van der Waals surface area contributed by atoms with Gasteiger partial charge in [0.05, 0.1) is 12.8 Å². The fraction of sp³-hybridized carbons (Fsp3) is 0.0625. The number of anilines is 2. The quantitative estimate of drug-likeness (QED) is 0.747. The van der Waals surface area contributed by atoms with Gasteiger partial charge in [-0.1, -0.05) is 0 Å². The van der Waals surface area contributed by atoms with E-state index in [0.29, 0.717) is 10.8 Å². The predicted molar refractivity (Wildman–Crippen MR) is 83.7 cm³/mol. The Hall–Kier alpha value is -2.47. The summed E-state index contributed by atoms with van der Waals surface area (Å²) in [6, 6.07) is 10.8. The van der Waals surface area contributed by atoms with E-state index in [1.807, 2.05) is 24.3 Å². The summed E-state index contributed by atoms with van der Waals surface area (Å²) >= 11 is 1.35. The third kappa shape index (κ3) is 3.07. The number of halogens is 2. The van der Waals surface area contributed by atoms with E-state index in [9.17, 15) is 8.78 Å². The van der Waals surface area contributed by atoms with Gasteiger partial charge in [-0.15, -0.1) is 11.3 Å². The Labute approximate surface area is 130 Å². The molecule has 0 amide bonds. The molecule has 0 fully saturated rings. The minimum absolute atomic E-state index is 0.278. The summed E-state index contributed by atoms with van der Waals surface area (Å²) in [6.45, 7) is 0. The molecule has 1 heterocycles. The smallest absolute Gasteiger partial charge is 0.187 e. The summed E-state index contributed by atoms with van der Waals surface area (Å²) in [5.74, 6) is -0.465. The van der Waals surface area contributed by atoms with Crippen LogP contribution >= 0.6 is 11.3 Å². The molecule has 0 aliphatic carbocycles. The number of aromatic nitrogens is 1. The SMILES string of the molecule is COc1ccc(Nc2nc(-c3ccc(F)cc3F)cs2)cc1. The lowest BCUT2D eigenvalue weighted by atomic mass is 10.1. The van der Waals surface area contributed by atoms with Gasteiger partial charge in [0.25, 0.3) is 0 Å². The Morgan fingerprint density at radius 1 is 1.09 bits per heavy atom. The molecule has 3 rings (SSSR count). The summed E-state index contributed by atoms with van der Waals surface area (Å²) in [5.41, 5.74) is 1.60. The number of thiazole rings is 1. The van der Waals surface area contributed by atoms with E-state index in [1.165, 1.54) is 23.5 Å². The number of methoxy groups -OCH3 is 1. The normalized spacial score (nSPS) is 10.5. The molecule has 0 saturated carbocycles. The second kappa shape index (κ2) is 6.11. The predicted octanol–water partition coefficient (Wildman–Crippen LogP) is 4.84. The Kier molecular flexibility index (Phi) is 4.02. The highest BCUT2D eigenvalue weighted by molar-refractivity contribution is 7.14. The molecule has 0 aliphatic heterocycles. The van der Waals surface area contributed by atoms with Gasteiger partial charge in [-0.2, -0.15) is 0 Å². The molecule has 0 atom stereocenters. The number of nitrogens with one attached hydrogen (secondary N) is 1. The van der Waals surface area contributed by atoms with E-state index < -0.39 is 11.6 Å². The van der Waals surface area contributed by atoms with Crippen molar-refractivity contribution in [1.29, 1.82) is 0 Å². The average molecular weight is 318 g/mol. The van der Waals surface area contributed by atoms with E-state index in [0.717, 1.165) is 17.5 Å². The average Bonchev–Trinajstić information content (AvgIpc) is 2.96. The first-order valence-corrected chi connectivity index (χ1v) is 7.36. The van der Waals surface area contributed by atoms with Crippen molar-refractivity contribution >= 4 is 22.2 Å². The van der Waals surface area contributed by atoms with E-state index in [4.69, 9.17) is 4.74 Å². The molecule has 0 spiro atoms. The van der Waals surface area contributed by atoms with Crippen molar-refractivity contribution in [2.24, 2.45) is 0 Å². The molecule has 2 aromatic carbocycles. The highest BCUT2D eigenvalue weighted by Gasteiger charge is 2.10. The number of nitrogens with zero attached hydrogens (tertiary/aromatic N) is 1. The molecule has 1 aromatic heterocycles. The van der Waals surface area contributed by atoms with Crippen LogP contribution in [0.4, 0.5) is 19.6 Å². The zero-order valence-corrected chi connectivity index (χ0v) is 12.5. The molecule has 0 aliphatic rings. The molecule has 0 unspecified atom stereocenters. The molecule has 3 nitrogen and oxygen atoms in total. The molecular weight excluding hydrogens is 306 g/mol. The topological polar surface area (TPSA) is 34.1 Å². The zero-order chi connectivity index (χ0) is 15.5. The number of rotatable bonds is 4. The van der Waals surface area contributed by atoms with Crippen molar-refractivity contribution in [2.45, 2.75) is 0 Å². The van der Waals surface area contributed by atoms with E-state index in [1.54, 1.807) is 12.5 Å². The minimum Gasteiger partial charge on any atom is -0.497 e. The van der Waals surface area contributed by atoms with E-state index >= 15 is 0 Å². The van der Waals surface area contributed by atoms with Crippen molar-refractivity contribution in [2.75, 3.05) is 12.4 Å². The first-order chi connectivity index (χ1) is 10.7. The van der Waals surface area contributed by atoms with Gasteiger partial charge < -0.3 is 10.1 Å². The Morgan fingerprint density at radius 2 is 1.86 bits per heavy atom. The lowest BCUT2D eigenvalue weighted by Crippen LogP contribution is -1.91. The number of hydrogen-bond donors (Lipinski definition) is 1. The van der Waals surface area contributed by atoms with E-state index in [-0.39, 0.29) is 5.56 Å². The monoisotopic (exact) mass is 318 g/mol. The van der Waals surface area contributed by atoms with Crippen molar-refractivity contribution in [1.82, 2.24) is 4.98 Å². The van der Waals surface area contributed by atoms with Crippen LogP contribution in [0, 0.1) is 11.6 Å².